The Hall–Kier alpha value is -1.58. The van der Waals surface area contributed by atoms with E-state index in [9.17, 15) is 9.59 Å². The van der Waals surface area contributed by atoms with Gasteiger partial charge >= 0.3 is 11.9 Å². The third kappa shape index (κ3) is 6.90. The van der Waals surface area contributed by atoms with Gasteiger partial charge in [0.2, 0.25) is 0 Å². The lowest BCUT2D eigenvalue weighted by Gasteiger charge is -2.22. The molecule has 0 amide bonds. The average molecular weight is 336 g/mol. The molecule has 0 radical (unpaired) electrons. The average Bonchev–Trinajstić information content (AvgIpc) is 3.21. The molecule has 136 valence electrons. The van der Waals surface area contributed by atoms with Gasteiger partial charge in [0.1, 0.15) is 0 Å². The molecule has 4 atom stereocenters. The van der Waals surface area contributed by atoms with Crippen molar-refractivity contribution in [3.8, 4) is 0 Å². The first-order chi connectivity index (χ1) is 11.5. The molecule has 0 aliphatic heterocycles. The predicted molar refractivity (Wildman–Crippen MR) is 95.3 cm³/mol. The zero-order valence-corrected chi connectivity index (χ0v) is 15.2. The van der Waals surface area contributed by atoms with Crippen molar-refractivity contribution in [1.82, 2.24) is 0 Å². The number of rotatable bonds is 6. The van der Waals surface area contributed by atoms with Crippen molar-refractivity contribution in [1.29, 1.82) is 0 Å². The van der Waals surface area contributed by atoms with Crippen molar-refractivity contribution in [3.05, 3.63) is 25.3 Å². The highest BCUT2D eigenvalue weighted by Gasteiger charge is 2.36. The Kier molecular flexibility index (Phi) is 9.43. The van der Waals surface area contributed by atoms with Crippen LogP contribution < -0.4 is 0 Å². The van der Waals surface area contributed by atoms with Crippen LogP contribution in [0.5, 0.6) is 0 Å². The predicted octanol–water partition coefficient (Wildman–Crippen LogP) is 4.30. The lowest BCUT2D eigenvalue weighted by atomic mass is 9.83. The second kappa shape index (κ2) is 11.1. The molecule has 2 fully saturated rings. The van der Waals surface area contributed by atoms with E-state index in [-0.39, 0.29) is 11.9 Å². The van der Waals surface area contributed by atoms with Crippen LogP contribution in [0.4, 0.5) is 0 Å². The Bertz CT molecular complexity index is 429. The van der Waals surface area contributed by atoms with Gasteiger partial charge in [-0.25, -0.2) is 9.59 Å². The molecule has 0 spiro atoms. The van der Waals surface area contributed by atoms with E-state index < -0.39 is 0 Å². The molecule has 0 N–H and O–H groups in total. The summed E-state index contributed by atoms with van der Waals surface area (Å²) < 4.78 is 9.59. The molecule has 4 nitrogen and oxygen atoms in total. The molecule has 0 aromatic carbocycles. The number of hydrogen-bond acceptors (Lipinski definition) is 4. The van der Waals surface area contributed by atoms with E-state index in [4.69, 9.17) is 4.74 Å². The van der Waals surface area contributed by atoms with Crippen molar-refractivity contribution in [2.75, 3.05) is 13.2 Å². The second-order valence-electron chi connectivity index (χ2n) is 6.80. The van der Waals surface area contributed by atoms with Gasteiger partial charge in [0.15, 0.2) is 0 Å². The minimum atomic E-state index is -0.359. The summed E-state index contributed by atoms with van der Waals surface area (Å²) in [5, 5.41) is 0. The van der Waals surface area contributed by atoms with Crippen LogP contribution in [0.15, 0.2) is 25.3 Å². The lowest BCUT2D eigenvalue weighted by Crippen LogP contribution is -2.16. The molecule has 2 saturated carbocycles. The SMILES string of the molecule is C=CC(=O)OCC.C=CC(=O)OCC1CCC(C2CCCC2C)C1. The maximum Gasteiger partial charge on any atom is 0.330 e. The summed E-state index contributed by atoms with van der Waals surface area (Å²) >= 11 is 0. The summed E-state index contributed by atoms with van der Waals surface area (Å²) in [6, 6.07) is 0. The minimum Gasteiger partial charge on any atom is -0.463 e. The van der Waals surface area contributed by atoms with Crippen LogP contribution in [0.25, 0.3) is 0 Å². The van der Waals surface area contributed by atoms with E-state index in [1.165, 1.54) is 44.6 Å². The van der Waals surface area contributed by atoms with Crippen LogP contribution in [-0.4, -0.2) is 25.2 Å². The normalized spacial score (nSPS) is 28.4. The van der Waals surface area contributed by atoms with Gasteiger partial charge in [0.05, 0.1) is 13.2 Å². The van der Waals surface area contributed by atoms with Gasteiger partial charge in [-0.15, -0.1) is 0 Å². The topological polar surface area (TPSA) is 52.6 Å². The molecule has 0 aromatic rings. The van der Waals surface area contributed by atoms with Gasteiger partial charge in [-0.1, -0.05) is 32.9 Å². The molecule has 0 saturated heterocycles. The minimum absolute atomic E-state index is 0.275. The Morgan fingerprint density at radius 3 is 2.21 bits per heavy atom. The third-order valence-corrected chi connectivity index (χ3v) is 5.20. The van der Waals surface area contributed by atoms with Gasteiger partial charge in [-0.05, 0) is 56.3 Å². The van der Waals surface area contributed by atoms with Gasteiger partial charge < -0.3 is 9.47 Å². The van der Waals surface area contributed by atoms with Crippen molar-refractivity contribution in [2.24, 2.45) is 23.7 Å². The van der Waals surface area contributed by atoms with E-state index in [1.54, 1.807) is 6.92 Å². The maximum absolute atomic E-state index is 11.0. The molecular formula is C20H32O4. The monoisotopic (exact) mass is 336 g/mol. The Balaban J connectivity index is 0.000000351. The summed E-state index contributed by atoms with van der Waals surface area (Å²) in [6.45, 7) is 11.8. The molecule has 0 bridgehead atoms. The van der Waals surface area contributed by atoms with E-state index in [1.807, 2.05) is 0 Å². The first-order valence-corrected chi connectivity index (χ1v) is 9.10. The molecule has 0 aromatic heterocycles. The highest BCUT2D eigenvalue weighted by Crippen LogP contribution is 2.45. The molecule has 4 heteroatoms. The van der Waals surface area contributed by atoms with Crippen molar-refractivity contribution >= 4 is 11.9 Å². The van der Waals surface area contributed by atoms with Crippen LogP contribution in [0.1, 0.15) is 52.4 Å². The summed E-state index contributed by atoms with van der Waals surface area (Å²) in [5.74, 6) is 2.70. The lowest BCUT2D eigenvalue weighted by molar-refractivity contribution is -0.139. The molecule has 2 rings (SSSR count). The summed E-state index contributed by atoms with van der Waals surface area (Å²) in [7, 11) is 0. The first-order valence-electron chi connectivity index (χ1n) is 9.10. The Morgan fingerprint density at radius 2 is 1.71 bits per heavy atom. The highest BCUT2D eigenvalue weighted by atomic mass is 16.5. The van der Waals surface area contributed by atoms with Crippen LogP contribution >= 0.6 is 0 Å². The molecule has 24 heavy (non-hydrogen) atoms. The van der Waals surface area contributed by atoms with E-state index in [2.05, 4.69) is 24.8 Å². The Morgan fingerprint density at radius 1 is 1.04 bits per heavy atom. The summed E-state index contributed by atoms with van der Waals surface area (Å²) in [6.07, 6.45) is 10.5. The van der Waals surface area contributed by atoms with Crippen LogP contribution in [0.2, 0.25) is 0 Å². The fourth-order valence-corrected chi connectivity index (χ4v) is 3.99. The zero-order valence-electron chi connectivity index (χ0n) is 15.2. The highest BCUT2D eigenvalue weighted by molar-refractivity contribution is 5.81. The first kappa shape index (κ1) is 20.5. The van der Waals surface area contributed by atoms with Crippen molar-refractivity contribution < 1.29 is 19.1 Å². The number of ether oxygens (including phenoxy) is 2. The second-order valence-corrected chi connectivity index (χ2v) is 6.80. The van der Waals surface area contributed by atoms with E-state index in [0.29, 0.717) is 19.1 Å². The van der Waals surface area contributed by atoms with Gasteiger partial charge in [0.25, 0.3) is 0 Å². The smallest absolute Gasteiger partial charge is 0.330 e. The number of esters is 2. The van der Waals surface area contributed by atoms with Gasteiger partial charge in [0, 0.05) is 12.2 Å². The number of carbonyl (C=O) groups is 2. The summed E-state index contributed by atoms with van der Waals surface area (Å²) in [4.78, 5) is 21.1. The molecule has 0 heterocycles. The fraction of sp³-hybridized carbons (Fsp3) is 0.700. The van der Waals surface area contributed by atoms with Crippen LogP contribution in [0, 0.1) is 23.7 Å². The molecular weight excluding hydrogens is 304 g/mol. The van der Waals surface area contributed by atoms with E-state index >= 15 is 0 Å². The largest absolute Gasteiger partial charge is 0.463 e. The van der Waals surface area contributed by atoms with Gasteiger partial charge in [-0.3, -0.25) is 0 Å². The van der Waals surface area contributed by atoms with E-state index in [0.717, 1.165) is 23.8 Å². The third-order valence-electron chi connectivity index (χ3n) is 5.20. The van der Waals surface area contributed by atoms with Crippen LogP contribution in [0.3, 0.4) is 0 Å². The van der Waals surface area contributed by atoms with Gasteiger partial charge in [-0.2, -0.15) is 0 Å². The molecule has 2 aliphatic rings. The zero-order chi connectivity index (χ0) is 17.9. The standard InChI is InChI=1S/C15H24O2.C5H8O2/c1-3-15(16)17-10-12-7-8-13(9-12)14-6-4-5-11(14)2;1-3-5(6)7-4-2/h3,11-14H,1,4-10H2,2H3;3H,1,4H2,2H3. The van der Waals surface area contributed by atoms with Crippen LogP contribution in [-0.2, 0) is 19.1 Å². The quantitative estimate of drug-likeness (QED) is 0.536. The molecule has 4 unspecified atom stereocenters. The fourth-order valence-electron chi connectivity index (χ4n) is 3.99. The summed E-state index contributed by atoms with van der Waals surface area (Å²) in [5.41, 5.74) is 0. The van der Waals surface area contributed by atoms with Crippen molar-refractivity contribution in [3.63, 3.8) is 0 Å². The Labute approximate surface area is 146 Å². The number of hydrogen-bond donors (Lipinski definition) is 0. The van der Waals surface area contributed by atoms with Crippen molar-refractivity contribution in [2.45, 2.75) is 52.4 Å². The number of carbonyl (C=O) groups excluding carboxylic acids is 2. The molecule has 2 aliphatic carbocycles. The maximum atomic E-state index is 11.0.